The van der Waals surface area contributed by atoms with Crippen LogP contribution in [0.15, 0.2) is 6.07 Å². The number of pyridine rings is 1. The van der Waals surface area contributed by atoms with E-state index in [2.05, 4.69) is 33.8 Å². The summed E-state index contributed by atoms with van der Waals surface area (Å²) in [6.07, 6.45) is 1.94. The summed E-state index contributed by atoms with van der Waals surface area (Å²) in [6, 6.07) is 2.17. The van der Waals surface area contributed by atoms with Crippen LogP contribution in [0.5, 0.6) is 0 Å². The topological polar surface area (TPSA) is 31.4 Å². The maximum atomic E-state index is 5.62. The van der Waals surface area contributed by atoms with Gasteiger partial charge in [-0.1, -0.05) is 13.8 Å². The first-order valence-corrected chi connectivity index (χ1v) is 6.78. The summed E-state index contributed by atoms with van der Waals surface area (Å²) < 4.78 is 11.2. The van der Waals surface area contributed by atoms with Crippen molar-refractivity contribution in [3.05, 3.63) is 28.6 Å². The van der Waals surface area contributed by atoms with E-state index in [1.165, 1.54) is 5.56 Å². The smallest absolute Gasteiger partial charge is 0.185 e. The number of aromatic nitrogens is 1. The lowest BCUT2D eigenvalue weighted by Crippen LogP contribution is -2.08. The number of ether oxygens (including phenoxy) is 2. The van der Waals surface area contributed by atoms with Crippen LogP contribution in [0, 0.1) is 19.8 Å². The van der Waals surface area contributed by atoms with E-state index in [1.807, 2.05) is 0 Å². The normalized spacial score (nSPS) is 16.7. The van der Waals surface area contributed by atoms with Crippen molar-refractivity contribution in [2.75, 3.05) is 13.2 Å². The summed E-state index contributed by atoms with van der Waals surface area (Å²) in [4.78, 5) is 4.73. The monoisotopic (exact) mass is 249 g/mol. The Hall–Kier alpha value is -0.930. The molecule has 0 spiro atoms. The second-order valence-corrected chi connectivity index (χ2v) is 5.43. The van der Waals surface area contributed by atoms with E-state index in [4.69, 9.17) is 14.5 Å². The molecule has 0 atom stereocenters. The van der Waals surface area contributed by atoms with E-state index >= 15 is 0 Å². The van der Waals surface area contributed by atoms with E-state index in [0.29, 0.717) is 19.1 Å². The van der Waals surface area contributed by atoms with Crippen LogP contribution in [0.25, 0.3) is 0 Å². The number of rotatable bonds is 4. The Kier molecular flexibility index (Phi) is 4.36. The van der Waals surface area contributed by atoms with Gasteiger partial charge in [-0.15, -0.1) is 0 Å². The zero-order valence-electron chi connectivity index (χ0n) is 11.8. The van der Waals surface area contributed by atoms with Gasteiger partial charge in [0.15, 0.2) is 6.29 Å². The summed E-state index contributed by atoms with van der Waals surface area (Å²) in [5.41, 5.74) is 4.57. The minimum absolute atomic E-state index is 0.209. The number of hydrogen-bond donors (Lipinski definition) is 0. The van der Waals surface area contributed by atoms with Gasteiger partial charge in [-0.3, -0.25) is 4.98 Å². The van der Waals surface area contributed by atoms with E-state index in [0.717, 1.165) is 29.8 Å². The van der Waals surface area contributed by atoms with Gasteiger partial charge in [-0.25, -0.2) is 0 Å². The minimum atomic E-state index is -0.209. The fraction of sp³-hybridized carbons (Fsp3) is 0.667. The molecule has 2 heterocycles. The fourth-order valence-corrected chi connectivity index (χ4v) is 2.14. The Morgan fingerprint density at radius 3 is 2.56 bits per heavy atom. The van der Waals surface area contributed by atoms with Crippen molar-refractivity contribution in [3.8, 4) is 0 Å². The fourth-order valence-electron chi connectivity index (χ4n) is 2.14. The molecule has 1 saturated heterocycles. The van der Waals surface area contributed by atoms with E-state index < -0.39 is 0 Å². The Balaban J connectivity index is 2.26. The minimum Gasteiger partial charge on any atom is -0.346 e. The van der Waals surface area contributed by atoms with Gasteiger partial charge >= 0.3 is 0 Å². The first kappa shape index (κ1) is 13.5. The van der Waals surface area contributed by atoms with Gasteiger partial charge in [0.05, 0.1) is 13.2 Å². The molecule has 0 bridgehead atoms. The lowest BCUT2D eigenvalue weighted by atomic mass is 10.0. The summed E-state index contributed by atoms with van der Waals surface area (Å²) >= 11 is 0. The molecular formula is C15H23NO2. The SMILES string of the molecule is Cc1cc(C2OCCO2)c(CCC(C)C)nc1C. The Labute approximate surface area is 110 Å². The highest BCUT2D eigenvalue weighted by molar-refractivity contribution is 5.30. The molecular weight excluding hydrogens is 226 g/mol. The number of aryl methyl sites for hydroxylation is 3. The maximum Gasteiger partial charge on any atom is 0.185 e. The van der Waals surface area contributed by atoms with Crippen molar-refractivity contribution in [3.63, 3.8) is 0 Å². The van der Waals surface area contributed by atoms with Crippen LogP contribution in [-0.4, -0.2) is 18.2 Å². The van der Waals surface area contributed by atoms with E-state index in [1.54, 1.807) is 0 Å². The van der Waals surface area contributed by atoms with Crippen molar-refractivity contribution in [1.82, 2.24) is 4.98 Å². The summed E-state index contributed by atoms with van der Waals surface area (Å²) in [5.74, 6) is 0.687. The zero-order chi connectivity index (χ0) is 13.1. The highest BCUT2D eigenvalue weighted by Crippen LogP contribution is 2.28. The van der Waals surface area contributed by atoms with Crippen LogP contribution < -0.4 is 0 Å². The molecule has 0 amide bonds. The van der Waals surface area contributed by atoms with E-state index in [9.17, 15) is 0 Å². The van der Waals surface area contributed by atoms with Crippen LogP contribution in [0.3, 0.4) is 0 Å². The van der Waals surface area contributed by atoms with Gasteiger partial charge in [-0.2, -0.15) is 0 Å². The zero-order valence-corrected chi connectivity index (χ0v) is 11.8. The first-order valence-electron chi connectivity index (χ1n) is 6.78. The molecule has 0 radical (unpaired) electrons. The van der Waals surface area contributed by atoms with E-state index in [-0.39, 0.29) is 6.29 Å². The molecule has 0 unspecified atom stereocenters. The quantitative estimate of drug-likeness (QED) is 0.820. The van der Waals surface area contributed by atoms with Gasteiger partial charge < -0.3 is 9.47 Å². The molecule has 1 aliphatic heterocycles. The molecule has 18 heavy (non-hydrogen) atoms. The molecule has 1 fully saturated rings. The van der Waals surface area contributed by atoms with Gasteiger partial charge in [0.2, 0.25) is 0 Å². The van der Waals surface area contributed by atoms with Crippen LogP contribution >= 0.6 is 0 Å². The average molecular weight is 249 g/mol. The first-order chi connectivity index (χ1) is 8.58. The molecule has 1 aromatic rings. The molecule has 2 rings (SSSR count). The Morgan fingerprint density at radius 2 is 1.94 bits per heavy atom. The summed E-state index contributed by atoms with van der Waals surface area (Å²) in [7, 11) is 0. The molecule has 0 aromatic carbocycles. The van der Waals surface area contributed by atoms with Gasteiger partial charge in [-0.05, 0) is 44.2 Å². The predicted molar refractivity (Wildman–Crippen MR) is 71.5 cm³/mol. The van der Waals surface area contributed by atoms with Gasteiger partial charge in [0.1, 0.15) is 0 Å². The standard InChI is InChI=1S/C15H23NO2/c1-10(2)5-6-14-13(15-17-7-8-18-15)9-11(3)12(4)16-14/h9-10,15H,5-8H2,1-4H3. The highest BCUT2D eigenvalue weighted by Gasteiger charge is 2.22. The van der Waals surface area contributed by atoms with Crippen molar-refractivity contribution in [2.24, 2.45) is 5.92 Å². The number of hydrogen-bond acceptors (Lipinski definition) is 3. The molecule has 1 aliphatic rings. The third-order valence-corrected chi connectivity index (χ3v) is 3.41. The van der Waals surface area contributed by atoms with Crippen molar-refractivity contribution in [2.45, 2.75) is 46.8 Å². The molecule has 0 aliphatic carbocycles. The van der Waals surface area contributed by atoms with Gasteiger partial charge in [0, 0.05) is 17.0 Å². The average Bonchev–Trinajstić information content (AvgIpc) is 2.83. The lowest BCUT2D eigenvalue weighted by molar-refractivity contribution is -0.0450. The third-order valence-electron chi connectivity index (χ3n) is 3.41. The van der Waals surface area contributed by atoms with Crippen molar-refractivity contribution in [1.29, 1.82) is 0 Å². The summed E-state index contributed by atoms with van der Waals surface area (Å²) in [6.45, 7) is 10.00. The third kappa shape index (κ3) is 3.09. The molecule has 3 heteroatoms. The molecule has 0 saturated carbocycles. The lowest BCUT2D eigenvalue weighted by Gasteiger charge is -2.16. The van der Waals surface area contributed by atoms with Crippen LogP contribution in [0.1, 0.15) is 49.1 Å². The molecule has 0 N–H and O–H groups in total. The maximum absolute atomic E-state index is 5.62. The predicted octanol–water partition coefficient (Wildman–Crippen LogP) is 3.33. The highest BCUT2D eigenvalue weighted by atomic mass is 16.7. The molecule has 100 valence electrons. The molecule has 3 nitrogen and oxygen atoms in total. The largest absolute Gasteiger partial charge is 0.346 e. The van der Waals surface area contributed by atoms with Crippen LogP contribution in [0.2, 0.25) is 0 Å². The Morgan fingerprint density at radius 1 is 1.28 bits per heavy atom. The molecule has 1 aromatic heterocycles. The van der Waals surface area contributed by atoms with Gasteiger partial charge in [0.25, 0.3) is 0 Å². The van der Waals surface area contributed by atoms with Crippen LogP contribution in [-0.2, 0) is 15.9 Å². The van der Waals surface area contributed by atoms with Crippen molar-refractivity contribution >= 4 is 0 Å². The Bertz CT molecular complexity index is 409. The van der Waals surface area contributed by atoms with Crippen LogP contribution in [0.4, 0.5) is 0 Å². The van der Waals surface area contributed by atoms with Crippen molar-refractivity contribution < 1.29 is 9.47 Å². The second-order valence-electron chi connectivity index (χ2n) is 5.43. The summed E-state index contributed by atoms with van der Waals surface area (Å²) in [5, 5.41) is 0. The second kappa shape index (κ2) is 5.81. The number of nitrogens with zero attached hydrogens (tertiary/aromatic N) is 1.